The number of aromatic nitrogens is 2. The number of anilines is 1. The van der Waals surface area contributed by atoms with E-state index in [-0.39, 0.29) is 11.7 Å². The van der Waals surface area contributed by atoms with E-state index in [1.165, 1.54) is 6.33 Å². The fourth-order valence-corrected chi connectivity index (χ4v) is 2.50. The van der Waals surface area contributed by atoms with Crippen molar-refractivity contribution in [2.45, 2.75) is 25.6 Å². The Labute approximate surface area is 116 Å². The number of alkyl halides is 1. The molecule has 18 heavy (non-hydrogen) atoms. The molecule has 0 aliphatic carbocycles. The van der Waals surface area contributed by atoms with Gasteiger partial charge >= 0.3 is 0 Å². The van der Waals surface area contributed by atoms with Crippen LogP contribution in [0, 0.1) is 0 Å². The van der Waals surface area contributed by atoms with E-state index in [4.69, 9.17) is 9.47 Å². The molecule has 0 saturated carbocycles. The minimum absolute atomic E-state index is 0.162. The van der Waals surface area contributed by atoms with Gasteiger partial charge in [-0.05, 0) is 13.8 Å². The van der Waals surface area contributed by atoms with Crippen molar-refractivity contribution in [1.82, 2.24) is 9.97 Å². The summed E-state index contributed by atoms with van der Waals surface area (Å²) < 4.78 is 11.1. The molecule has 1 atom stereocenters. The molecule has 0 amide bonds. The first-order valence-corrected chi connectivity index (χ1v) is 7.01. The molecule has 0 bridgehead atoms. The molecule has 1 saturated heterocycles. The highest BCUT2D eigenvalue weighted by Crippen LogP contribution is 2.26. The third-order valence-electron chi connectivity index (χ3n) is 2.81. The Kier molecular flexibility index (Phi) is 4.07. The van der Waals surface area contributed by atoms with Crippen LogP contribution in [0.4, 0.5) is 5.82 Å². The summed E-state index contributed by atoms with van der Waals surface area (Å²) in [5.74, 6) is 1.46. The number of hydrogen-bond donors (Lipinski definition) is 0. The van der Waals surface area contributed by atoms with E-state index in [2.05, 4.69) is 44.6 Å². The molecule has 0 spiro atoms. The molecule has 1 aliphatic heterocycles. The normalized spacial score (nSPS) is 22.9. The van der Waals surface area contributed by atoms with Crippen LogP contribution >= 0.6 is 15.9 Å². The Morgan fingerprint density at radius 1 is 1.56 bits per heavy atom. The summed E-state index contributed by atoms with van der Waals surface area (Å²) in [5.41, 5.74) is -0.186. The smallest absolute Gasteiger partial charge is 0.218 e. The molecule has 1 unspecified atom stereocenters. The zero-order valence-electron chi connectivity index (χ0n) is 10.9. The van der Waals surface area contributed by atoms with E-state index in [1.54, 1.807) is 7.11 Å². The number of rotatable bonds is 3. The Bertz CT molecular complexity index is 414. The number of ether oxygens (including phenoxy) is 2. The van der Waals surface area contributed by atoms with Gasteiger partial charge in [0.1, 0.15) is 12.1 Å². The quantitative estimate of drug-likeness (QED) is 0.797. The summed E-state index contributed by atoms with van der Waals surface area (Å²) in [6.07, 6.45) is 1.69. The number of halogens is 1. The van der Waals surface area contributed by atoms with Crippen LogP contribution in [0.25, 0.3) is 0 Å². The third kappa shape index (κ3) is 3.11. The molecule has 2 heterocycles. The molecule has 0 aromatic carbocycles. The summed E-state index contributed by atoms with van der Waals surface area (Å²) in [5, 5.41) is 0.815. The number of morpholine rings is 1. The van der Waals surface area contributed by atoms with Crippen LogP contribution in [-0.2, 0) is 4.74 Å². The van der Waals surface area contributed by atoms with E-state index < -0.39 is 0 Å². The third-order valence-corrected chi connectivity index (χ3v) is 3.54. The summed E-state index contributed by atoms with van der Waals surface area (Å²) in [6.45, 7) is 5.80. The monoisotopic (exact) mass is 315 g/mol. The van der Waals surface area contributed by atoms with Crippen LogP contribution in [-0.4, -0.2) is 47.2 Å². The van der Waals surface area contributed by atoms with E-state index in [1.807, 2.05) is 6.07 Å². The lowest BCUT2D eigenvalue weighted by molar-refractivity contribution is -0.0726. The zero-order chi connectivity index (χ0) is 13.2. The summed E-state index contributed by atoms with van der Waals surface area (Å²) in [4.78, 5) is 10.5. The van der Waals surface area contributed by atoms with Crippen molar-refractivity contribution >= 4 is 21.7 Å². The van der Waals surface area contributed by atoms with E-state index in [0.29, 0.717) is 5.88 Å². The lowest BCUT2D eigenvalue weighted by Gasteiger charge is -2.42. The van der Waals surface area contributed by atoms with Crippen molar-refractivity contribution in [3.63, 3.8) is 0 Å². The van der Waals surface area contributed by atoms with Gasteiger partial charge in [0.25, 0.3) is 0 Å². The van der Waals surface area contributed by atoms with Crippen LogP contribution in [0.2, 0.25) is 0 Å². The fraction of sp³-hybridized carbons (Fsp3) is 0.667. The Balaban J connectivity index is 2.20. The second-order valence-electron chi connectivity index (χ2n) is 4.95. The van der Waals surface area contributed by atoms with E-state index >= 15 is 0 Å². The topological polar surface area (TPSA) is 47.5 Å². The fourth-order valence-electron chi connectivity index (χ4n) is 2.17. The second-order valence-corrected chi connectivity index (χ2v) is 5.60. The number of hydrogen-bond acceptors (Lipinski definition) is 5. The highest BCUT2D eigenvalue weighted by molar-refractivity contribution is 9.09. The van der Waals surface area contributed by atoms with Gasteiger partial charge in [0.15, 0.2) is 0 Å². The summed E-state index contributed by atoms with van der Waals surface area (Å²) in [7, 11) is 1.61. The van der Waals surface area contributed by atoms with Crippen molar-refractivity contribution in [3.8, 4) is 5.88 Å². The maximum atomic E-state index is 5.97. The predicted octanol–water partition coefficient (Wildman–Crippen LogP) is 1.86. The number of methoxy groups -OCH3 is 1. The van der Waals surface area contributed by atoms with Gasteiger partial charge in [0, 0.05) is 24.5 Å². The maximum absolute atomic E-state index is 5.97. The Morgan fingerprint density at radius 2 is 2.33 bits per heavy atom. The van der Waals surface area contributed by atoms with Gasteiger partial charge in [-0.15, -0.1) is 0 Å². The SMILES string of the molecule is COc1cc(N2CC(CBr)OC(C)(C)C2)ncn1. The van der Waals surface area contributed by atoms with Crippen LogP contribution in [0.1, 0.15) is 13.8 Å². The molecule has 5 nitrogen and oxygen atoms in total. The highest BCUT2D eigenvalue weighted by Gasteiger charge is 2.33. The molecular formula is C12H18BrN3O2. The molecular weight excluding hydrogens is 298 g/mol. The molecule has 1 fully saturated rings. The average molecular weight is 316 g/mol. The molecule has 1 aromatic rings. The first-order valence-electron chi connectivity index (χ1n) is 5.89. The summed E-state index contributed by atoms with van der Waals surface area (Å²) in [6, 6.07) is 1.85. The lowest BCUT2D eigenvalue weighted by atomic mass is 10.1. The summed E-state index contributed by atoms with van der Waals surface area (Å²) >= 11 is 3.48. The van der Waals surface area contributed by atoms with Crippen LogP contribution < -0.4 is 9.64 Å². The molecule has 0 radical (unpaired) electrons. The molecule has 6 heteroatoms. The highest BCUT2D eigenvalue weighted by atomic mass is 79.9. The maximum Gasteiger partial charge on any atom is 0.218 e. The van der Waals surface area contributed by atoms with Crippen molar-refractivity contribution in [1.29, 1.82) is 0 Å². The van der Waals surface area contributed by atoms with Crippen LogP contribution in [0.15, 0.2) is 12.4 Å². The van der Waals surface area contributed by atoms with Gasteiger partial charge in [0.2, 0.25) is 5.88 Å². The molecule has 1 aromatic heterocycles. The average Bonchev–Trinajstić information content (AvgIpc) is 2.37. The zero-order valence-corrected chi connectivity index (χ0v) is 12.5. The molecule has 100 valence electrons. The largest absolute Gasteiger partial charge is 0.481 e. The van der Waals surface area contributed by atoms with Gasteiger partial charge in [0.05, 0.1) is 18.8 Å². The molecule has 1 aliphatic rings. The van der Waals surface area contributed by atoms with Gasteiger partial charge in [-0.25, -0.2) is 9.97 Å². The minimum atomic E-state index is -0.186. The minimum Gasteiger partial charge on any atom is -0.481 e. The van der Waals surface area contributed by atoms with Crippen molar-refractivity contribution < 1.29 is 9.47 Å². The lowest BCUT2D eigenvalue weighted by Crippen LogP contribution is -2.53. The predicted molar refractivity (Wildman–Crippen MR) is 73.5 cm³/mol. The Hall–Kier alpha value is -0.880. The van der Waals surface area contributed by atoms with Crippen molar-refractivity contribution in [2.24, 2.45) is 0 Å². The van der Waals surface area contributed by atoms with Crippen LogP contribution in [0.3, 0.4) is 0 Å². The van der Waals surface area contributed by atoms with E-state index in [0.717, 1.165) is 24.2 Å². The first kappa shape index (κ1) is 13.5. The van der Waals surface area contributed by atoms with Gasteiger partial charge < -0.3 is 14.4 Å². The first-order chi connectivity index (χ1) is 8.54. The Morgan fingerprint density at radius 3 is 3.00 bits per heavy atom. The number of nitrogens with zero attached hydrogens (tertiary/aromatic N) is 3. The van der Waals surface area contributed by atoms with Gasteiger partial charge in [-0.3, -0.25) is 0 Å². The van der Waals surface area contributed by atoms with Gasteiger partial charge in [-0.2, -0.15) is 0 Å². The van der Waals surface area contributed by atoms with Crippen molar-refractivity contribution in [3.05, 3.63) is 12.4 Å². The second kappa shape index (κ2) is 5.40. The van der Waals surface area contributed by atoms with Crippen LogP contribution in [0.5, 0.6) is 5.88 Å². The molecule has 2 rings (SSSR count). The standard InChI is InChI=1S/C12H18BrN3O2/c1-12(2)7-16(6-9(5-13)18-12)10-4-11(17-3)15-8-14-10/h4,8-9H,5-7H2,1-3H3. The van der Waals surface area contributed by atoms with Crippen molar-refractivity contribution in [2.75, 3.05) is 30.4 Å². The van der Waals surface area contributed by atoms with Gasteiger partial charge in [-0.1, -0.05) is 15.9 Å². The molecule has 0 N–H and O–H groups in total. The van der Waals surface area contributed by atoms with E-state index in [9.17, 15) is 0 Å².